The fourth-order valence-electron chi connectivity index (χ4n) is 4.45. The molecule has 0 aliphatic carbocycles. The molecule has 0 unspecified atom stereocenters. The molecule has 0 bridgehead atoms. The van der Waals surface area contributed by atoms with E-state index in [1.54, 1.807) is 30.8 Å². The van der Waals surface area contributed by atoms with E-state index < -0.39 is 36.4 Å². The lowest BCUT2D eigenvalue weighted by atomic mass is 10.2. The number of hydrogen-bond acceptors (Lipinski definition) is 10. The molecule has 2 atom stereocenters. The maximum Gasteiger partial charge on any atom is 0.333 e. The van der Waals surface area contributed by atoms with Gasteiger partial charge in [0.05, 0.1) is 18.4 Å². The van der Waals surface area contributed by atoms with Gasteiger partial charge in [-0.2, -0.15) is 5.26 Å². The molecule has 15 heteroatoms. The number of imidazole rings is 1. The van der Waals surface area contributed by atoms with Gasteiger partial charge < -0.3 is 14.8 Å². The first kappa shape index (κ1) is 25.2. The zero-order valence-electron chi connectivity index (χ0n) is 20.5. The molecular formula is C23H23FN10O3S. The summed E-state index contributed by atoms with van der Waals surface area (Å²) in [6.45, 7) is 1.43. The number of nitrogens with zero attached hydrogens (tertiary/aromatic N) is 9. The van der Waals surface area contributed by atoms with E-state index in [1.165, 1.54) is 29.3 Å². The minimum absolute atomic E-state index is 0.0363. The van der Waals surface area contributed by atoms with Gasteiger partial charge in [0.1, 0.15) is 30.1 Å². The van der Waals surface area contributed by atoms with Gasteiger partial charge in [0, 0.05) is 36.9 Å². The highest BCUT2D eigenvalue weighted by Gasteiger charge is 2.27. The molecule has 0 spiro atoms. The monoisotopic (exact) mass is 538 g/mol. The Hall–Kier alpha value is -4.45. The number of carbonyl (C=O) groups is 1. The number of fused-ring (bicyclic) bond motifs is 1. The molecule has 1 amide bonds. The summed E-state index contributed by atoms with van der Waals surface area (Å²) < 4.78 is 16.6. The van der Waals surface area contributed by atoms with E-state index in [9.17, 15) is 18.8 Å². The van der Waals surface area contributed by atoms with E-state index in [1.807, 2.05) is 4.90 Å². The molecule has 1 aliphatic rings. The molecule has 1 aliphatic heterocycles. The normalized spacial score (nSPS) is 16.1. The minimum atomic E-state index is -0.877. The van der Waals surface area contributed by atoms with Crippen molar-refractivity contribution in [1.82, 2.24) is 33.6 Å². The molecule has 0 aromatic carbocycles. The predicted octanol–water partition coefficient (Wildman–Crippen LogP) is 1.47. The van der Waals surface area contributed by atoms with Crippen molar-refractivity contribution in [2.24, 2.45) is 7.05 Å². The van der Waals surface area contributed by atoms with Gasteiger partial charge in [-0.05, 0) is 19.8 Å². The number of alkyl halides is 1. The van der Waals surface area contributed by atoms with Crippen molar-refractivity contribution in [1.29, 1.82) is 5.26 Å². The Morgan fingerprint density at radius 1 is 1.32 bits per heavy atom. The van der Waals surface area contributed by atoms with Crippen molar-refractivity contribution in [2.45, 2.75) is 38.4 Å². The summed E-state index contributed by atoms with van der Waals surface area (Å²) in [6, 6.07) is 0.723. The van der Waals surface area contributed by atoms with E-state index in [4.69, 9.17) is 5.26 Å². The Labute approximate surface area is 218 Å². The summed E-state index contributed by atoms with van der Waals surface area (Å²) in [4.78, 5) is 57.6. The zero-order chi connectivity index (χ0) is 27.0. The van der Waals surface area contributed by atoms with Crippen molar-refractivity contribution in [2.75, 3.05) is 23.4 Å². The predicted molar refractivity (Wildman–Crippen MR) is 138 cm³/mol. The van der Waals surface area contributed by atoms with E-state index in [0.717, 1.165) is 22.0 Å². The standard InChI is InChI=1S/C23H23FN10O3S/c1-13(34-12-28-18-17(34)21(36)33(7-5-25)23(37)31(18)2)19(35)29-16-11-38-20(30-16)14-9-26-22(27-10-14)32-6-3-4-15(32)8-24/h9-13,15H,3-4,6-8H2,1-2H3,(H,29,35)/t13-,15+/m0/s1. The number of aromatic nitrogens is 7. The molecule has 0 radical (unpaired) electrons. The lowest BCUT2D eigenvalue weighted by Crippen LogP contribution is -2.40. The van der Waals surface area contributed by atoms with Crippen LogP contribution in [0.5, 0.6) is 0 Å². The Bertz CT molecular complexity index is 1670. The first-order valence-electron chi connectivity index (χ1n) is 11.8. The van der Waals surface area contributed by atoms with Crippen molar-refractivity contribution in [3.05, 3.63) is 44.9 Å². The van der Waals surface area contributed by atoms with E-state index in [0.29, 0.717) is 28.9 Å². The highest BCUT2D eigenvalue weighted by Crippen LogP contribution is 2.28. The second-order valence-corrected chi connectivity index (χ2v) is 9.69. The summed E-state index contributed by atoms with van der Waals surface area (Å²) in [5.41, 5.74) is -0.564. The Kier molecular flexibility index (Phi) is 6.72. The summed E-state index contributed by atoms with van der Waals surface area (Å²) in [5, 5.41) is 14.0. The number of nitrogens with one attached hydrogen (secondary N) is 1. The van der Waals surface area contributed by atoms with Crippen LogP contribution in [-0.4, -0.2) is 58.8 Å². The Morgan fingerprint density at radius 2 is 2.08 bits per heavy atom. The SMILES string of the molecule is C[C@@H](C(=O)Nc1csc(-c2cnc(N3CCC[C@@H]3CF)nc2)n1)n1cnc2c1c(=O)n(CC#N)c(=O)n2C. The number of aryl methyl sites for hydroxylation is 1. The van der Waals surface area contributed by atoms with Gasteiger partial charge in [-0.15, -0.1) is 11.3 Å². The smallest absolute Gasteiger partial charge is 0.333 e. The van der Waals surface area contributed by atoms with Gasteiger partial charge in [-0.3, -0.25) is 14.2 Å². The first-order chi connectivity index (χ1) is 18.3. The summed E-state index contributed by atoms with van der Waals surface area (Å²) in [7, 11) is 1.44. The van der Waals surface area contributed by atoms with Crippen LogP contribution in [0, 0.1) is 11.3 Å². The molecule has 0 saturated carbocycles. The van der Waals surface area contributed by atoms with Crippen LogP contribution in [0.15, 0.2) is 33.7 Å². The lowest BCUT2D eigenvalue weighted by molar-refractivity contribution is -0.118. The number of thiazole rings is 1. The maximum absolute atomic E-state index is 13.2. The third kappa shape index (κ3) is 4.32. The van der Waals surface area contributed by atoms with E-state index in [2.05, 4.69) is 25.3 Å². The van der Waals surface area contributed by atoms with Gasteiger partial charge in [0.2, 0.25) is 11.9 Å². The molecular weight excluding hydrogens is 515 g/mol. The van der Waals surface area contributed by atoms with E-state index in [-0.39, 0.29) is 17.2 Å². The summed E-state index contributed by atoms with van der Waals surface area (Å²) in [5.74, 6) is 0.326. The fraction of sp³-hybridized carbons (Fsp3) is 0.391. The first-order valence-corrected chi connectivity index (χ1v) is 12.7. The second-order valence-electron chi connectivity index (χ2n) is 8.83. The average Bonchev–Trinajstić information content (AvgIpc) is 3.69. The third-order valence-electron chi connectivity index (χ3n) is 6.54. The highest BCUT2D eigenvalue weighted by atomic mass is 32.1. The van der Waals surface area contributed by atoms with Crippen LogP contribution in [-0.2, 0) is 18.4 Å². The van der Waals surface area contributed by atoms with Gasteiger partial charge >= 0.3 is 5.69 Å². The molecule has 196 valence electrons. The molecule has 13 nitrogen and oxygen atoms in total. The molecule has 1 N–H and O–H groups in total. The zero-order valence-corrected chi connectivity index (χ0v) is 21.4. The number of anilines is 2. The minimum Gasteiger partial charge on any atom is -0.335 e. The van der Waals surface area contributed by atoms with Gasteiger partial charge in [-0.25, -0.2) is 33.7 Å². The van der Waals surface area contributed by atoms with Gasteiger partial charge in [0.15, 0.2) is 11.2 Å². The van der Waals surface area contributed by atoms with Crippen molar-refractivity contribution < 1.29 is 9.18 Å². The van der Waals surface area contributed by atoms with Crippen LogP contribution in [0.4, 0.5) is 16.2 Å². The second kappa shape index (κ2) is 10.1. The number of carbonyl (C=O) groups excluding carboxylic acids is 1. The molecule has 5 heterocycles. The van der Waals surface area contributed by atoms with Crippen LogP contribution in [0.2, 0.25) is 0 Å². The number of hydrogen-bond donors (Lipinski definition) is 1. The third-order valence-corrected chi connectivity index (χ3v) is 7.43. The number of rotatable bonds is 7. The van der Waals surface area contributed by atoms with Crippen LogP contribution in [0.25, 0.3) is 21.7 Å². The van der Waals surface area contributed by atoms with Crippen LogP contribution in [0.3, 0.4) is 0 Å². The topological polar surface area (TPSA) is 157 Å². The molecule has 1 saturated heterocycles. The average molecular weight is 539 g/mol. The van der Waals surface area contributed by atoms with Gasteiger partial charge in [0.25, 0.3) is 5.56 Å². The van der Waals surface area contributed by atoms with Gasteiger partial charge in [-0.1, -0.05) is 0 Å². The molecule has 4 aromatic heterocycles. The number of nitriles is 1. The van der Waals surface area contributed by atoms with Crippen molar-refractivity contribution >= 4 is 40.2 Å². The largest absolute Gasteiger partial charge is 0.335 e. The van der Waals surface area contributed by atoms with Crippen LogP contribution < -0.4 is 21.5 Å². The quantitative estimate of drug-likeness (QED) is 0.368. The van der Waals surface area contributed by atoms with Crippen LogP contribution in [0.1, 0.15) is 25.8 Å². The lowest BCUT2D eigenvalue weighted by Gasteiger charge is -2.21. The summed E-state index contributed by atoms with van der Waals surface area (Å²) >= 11 is 1.29. The highest BCUT2D eigenvalue weighted by molar-refractivity contribution is 7.13. The maximum atomic E-state index is 13.2. The van der Waals surface area contributed by atoms with Crippen molar-refractivity contribution in [3.8, 4) is 16.6 Å². The number of amides is 1. The molecule has 5 rings (SSSR count). The van der Waals surface area contributed by atoms with Crippen molar-refractivity contribution in [3.63, 3.8) is 0 Å². The molecule has 38 heavy (non-hydrogen) atoms. The van der Waals surface area contributed by atoms with E-state index >= 15 is 0 Å². The number of halogens is 1. The molecule has 1 fully saturated rings. The fourth-order valence-corrected chi connectivity index (χ4v) is 5.18. The molecule has 4 aromatic rings. The Balaban J connectivity index is 1.34. The van der Waals surface area contributed by atoms with Crippen LogP contribution >= 0.6 is 11.3 Å². The summed E-state index contributed by atoms with van der Waals surface area (Å²) in [6.07, 6.45) is 6.23. The Morgan fingerprint density at radius 3 is 2.79 bits per heavy atom.